The van der Waals surface area contributed by atoms with Gasteiger partial charge in [-0.2, -0.15) is 5.26 Å². The Morgan fingerprint density at radius 3 is 2.52 bits per heavy atom. The molecule has 0 spiro atoms. The first-order valence-corrected chi connectivity index (χ1v) is 9.82. The number of ether oxygens (including phenoxy) is 2. The monoisotopic (exact) mass is 400 g/mol. The van der Waals surface area contributed by atoms with Gasteiger partial charge in [-0.3, -0.25) is 4.79 Å². The largest absolute Gasteiger partial charge is 0.497 e. The van der Waals surface area contributed by atoms with Crippen LogP contribution in [0.1, 0.15) is 40.4 Å². The van der Waals surface area contributed by atoms with Gasteiger partial charge in [-0.15, -0.1) is 11.3 Å². The smallest absolute Gasteiger partial charge is 0.256 e. The molecular weight excluding hydrogens is 380 g/mol. The highest BCUT2D eigenvalue weighted by molar-refractivity contribution is 7.73. The van der Waals surface area contributed by atoms with Crippen molar-refractivity contribution in [3.05, 3.63) is 44.3 Å². The lowest BCUT2D eigenvalue weighted by Crippen LogP contribution is -2.17. The van der Waals surface area contributed by atoms with Crippen LogP contribution in [0.4, 0.5) is 5.00 Å². The van der Waals surface area contributed by atoms with Crippen LogP contribution in [-0.2, 0) is 12.8 Å². The summed E-state index contributed by atoms with van der Waals surface area (Å²) in [7, 11) is 3.06. The van der Waals surface area contributed by atoms with E-state index >= 15 is 0 Å². The maximum Gasteiger partial charge on any atom is 0.256 e. The van der Waals surface area contributed by atoms with Crippen molar-refractivity contribution in [2.45, 2.75) is 26.2 Å². The van der Waals surface area contributed by atoms with E-state index in [-0.39, 0.29) is 5.91 Å². The van der Waals surface area contributed by atoms with Crippen LogP contribution >= 0.6 is 23.6 Å². The first kappa shape index (κ1) is 19.3. The van der Waals surface area contributed by atoms with E-state index in [2.05, 4.69) is 18.3 Å². The number of nitrogens with zero attached hydrogens (tertiary/aromatic N) is 1. The maximum atomic E-state index is 12.8. The lowest BCUT2D eigenvalue weighted by Gasteiger charge is -2.23. The Balaban J connectivity index is 1.99. The van der Waals surface area contributed by atoms with Crippen molar-refractivity contribution in [1.82, 2.24) is 0 Å². The van der Waals surface area contributed by atoms with Gasteiger partial charge in [0.1, 0.15) is 22.6 Å². The van der Waals surface area contributed by atoms with Crippen molar-refractivity contribution in [1.29, 1.82) is 5.26 Å². The van der Waals surface area contributed by atoms with E-state index in [0.29, 0.717) is 33.5 Å². The second kappa shape index (κ2) is 8.07. The molecule has 1 atom stereocenters. The van der Waals surface area contributed by atoms with Gasteiger partial charge in [0.25, 0.3) is 5.91 Å². The molecule has 7 heteroatoms. The van der Waals surface area contributed by atoms with E-state index in [1.807, 2.05) is 0 Å². The van der Waals surface area contributed by atoms with Gasteiger partial charge in [0.05, 0.1) is 23.6 Å². The Kier molecular flexibility index (Phi) is 5.78. The van der Waals surface area contributed by atoms with Crippen molar-refractivity contribution in [3.8, 4) is 17.6 Å². The Morgan fingerprint density at radius 1 is 1.26 bits per heavy atom. The van der Waals surface area contributed by atoms with Crippen LogP contribution in [0.3, 0.4) is 0 Å². The second-order valence-corrected chi connectivity index (χ2v) is 8.25. The molecule has 1 aromatic carbocycles. The number of rotatable bonds is 4. The van der Waals surface area contributed by atoms with Gasteiger partial charge in [-0.1, -0.05) is 19.1 Å². The number of nitriles is 1. The molecule has 27 heavy (non-hydrogen) atoms. The molecule has 0 fully saturated rings. The number of amides is 1. The minimum Gasteiger partial charge on any atom is -0.497 e. The molecule has 0 saturated heterocycles. The molecule has 0 radical (unpaired) electrons. The molecule has 1 aliphatic rings. The number of methoxy groups -OCH3 is 2. The zero-order chi connectivity index (χ0) is 19.6. The van der Waals surface area contributed by atoms with Crippen LogP contribution in [0, 0.1) is 21.1 Å². The van der Waals surface area contributed by atoms with Crippen LogP contribution in [0.2, 0.25) is 0 Å². The zero-order valence-electron chi connectivity index (χ0n) is 15.4. The summed E-state index contributed by atoms with van der Waals surface area (Å²) < 4.78 is 11.2. The predicted octanol–water partition coefficient (Wildman–Crippen LogP) is 4.74. The molecule has 3 rings (SSSR count). The maximum absolute atomic E-state index is 12.8. The number of carbonyl (C=O) groups excluding carboxylic acids is 1. The van der Waals surface area contributed by atoms with Crippen molar-refractivity contribution in [2.24, 2.45) is 5.92 Å². The summed E-state index contributed by atoms with van der Waals surface area (Å²) in [6.45, 7) is 2.19. The number of anilines is 1. The van der Waals surface area contributed by atoms with E-state index < -0.39 is 0 Å². The predicted molar refractivity (Wildman–Crippen MR) is 109 cm³/mol. The number of hydrogen-bond donors (Lipinski definition) is 1. The van der Waals surface area contributed by atoms with Gasteiger partial charge in [-0.05, 0) is 48.4 Å². The molecule has 0 aliphatic heterocycles. The third-order valence-electron chi connectivity index (χ3n) is 4.73. The van der Waals surface area contributed by atoms with Crippen molar-refractivity contribution in [2.75, 3.05) is 19.5 Å². The Morgan fingerprint density at radius 2 is 1.93 bits per heavy atom. The molecule has 5 nitrogen and oxygen atoms in total. The standard InChI is InChI=1S/C20H20N2O3S2/c1-11-4-5-15-16(6-11)20(26)27-19(17(15)10-21)22-18(23)12-7-13(24-2)9-14(8-12)25-3/h7-9,11H,4-6H2,1-3H3,(H,22,23). The summed E-state index contributed by atoms with van der Waals surface area (Å²) in [5, 5.41) is 13.1. The SMILES string of the molecule is COc1cc(OC)cc(C(=O)Nc2sc(=S)c3c(c2C#N)CCC(C)C3)c1. The average molecular weight is 401 g/mol. The fraction of sp³-hybridized carbons (Fsp3) is 0.350. The summed E-state index contributed by atoms with van der Waals surface area (Å²) >= 11 is 6.84. The Bertz CT molecular complexity index is 970. The van der Waals surface area contributed by atoms with E-state index in [9.17, 15) is 10.1 Å². The van der Waals surface area contributed by atoms with Gasteiger partial charge in [0.2, 0.25) is 0 Å². The first-order valence-electron chi connectivity index (χ1n) is 8.60. The molecule has 1 heterocycles. The highest BCUT2D eigenvalue weighted by atomic mass is 32.1. The van der Waals surface area contributed by atoms with Gasteiger partial charge in [0, 0.05) is 11.6 Å². The molecular formula is C20H20N2O3S2. The number of hydrogen-bond acceptors (Lipinski definition) is 6. The quantitative estimate of drug-likeness (QED) is 0.751. The van der Waals surface area contributed by atoms with Gasteiger partial charge >= 0.3 is 0 Å². The average Bonchev–Trinajstić information content (AvgIpc) is 2.68. The fourth-order valence-corrected chi connectivity index (χ4v) is 4.65. The normalized spacial score (nSPS) is 15.4. The molecule has 1 unspecified atom stereocenters. The van der Waals surface area contributed by atoms with Crippen molar-refractivity contribution < 1.29 is 14.3 Å². The van der Waals surface area contributed by atoms with Crippen LogP contribution in [0.15, 0.2) is 18.2 Å². The lowest BCUT2D eigenvalue weighted by molar-refractivity contribution is 0.102. The summed E-state index contributed by atoms with van der Waals surface area (Å²) in [6.07, 6.45) is 2.72. The molecule has 1 aromatic heterocycles. The number of benzene rings is 1. The highest BCUT2D eigenvalue weighted by Gasteiger charge is 2.23. The fourth-order valence-electron chi connectivity index (χ4n) is 3.26. The molecule has 0 bridgehead atoms. The van der Waals surface area contributed by atoms with E-state index in [1.165, 1.54) is 25.6 Å². The van der Waals surface area contributed by atoms with Crippen molar-refractivity contribution >= 4 is 34.5 Å². The minimum atomic E-state index is -0.335. The van der Waals surface area contributed by atoms with Crippen LogP contribution in [-0.4, -0.2) is 20.1 Å². The molecule has 0 saturated carbocycles. The van der Waals surface area contributed by atoms with Crippen LogP contribution in [0.5, 0.6) is 11.5 Å². The third-order valence-corrected chi connectivity index (χ3v) is 6.17. The molecule has 140 valence electrons. The zero-order valence-corrected chi connectivity index (χ0v) is 17.1. The van der Waals surface area contributed by atoms with Gasteiger partial charge < -0.3 is 14.8 Å². The molecule has 1 aliphatic carbocycles. The topological polar surface area (TPSA) is 71.3 Å². The summed E-state index contributed by atoms with van der Waals surface area (Å²) in [5.74, 6) is 1.26. The van der Waals surface area contributed by atoms with E-state index in [1.54, 1.807) is 18.2 Å². The summed E-state index contributed by atoms with van der Waals surface area (Å²) in [5.41, 5.74) is 2.99. The van der Waals surface area contributed by atoms with E-state index in [4.69, 9.17) is 21.7 Å². The summed E-state index contributed by atoms with van der Waals surface area (Å²) in [4.78, 5) is 12.8. The third kappa shape index (κ3) is 3.97. The Hall–Kier alpha value is -2.43. The number of carbonyl (C=O) groups is 1. The highest BCUT2D eigenvalue weighted by Crippen LogP contribution is 2.36. The number of nitrogens with one attached hydrogen (secondary N) is 1. The van der Waals surface area contributed by atoms with Crippen LogP contribution in [0.25, 0.3) is 0 Å². The lowest BCUT2D eigenvalue weighted by atomic mass is 9.85. The number of fused-ring (bicyclic) bond motifs is 1. The summed E-state index contributed by atoms with van der Waals surface area (Å²) in [6, 6.07) is 7.22. The molecule has 2 aromatic rings. The molecule has 1 N–H and O–H groups in total. The minimum absolute atomic E-state index is 0.335. The van der Waals surface area contributed by atoms with Crippen molar-refractivity contribution in [3.63, 3.8) is 0 Å². The molecule has 1 amide bonds. The first-order chi connectivity index (χ1) is 13.0. The second-order valence-electron chi connectivity index (χ2n) is 6.57. The van der Waals surface area contributed by atoms with Gasteiger partial charge in [-0.25, -0.2) is 0 Å². The van der Waals surface area contributed by atoms with Crippen LogP contribution < -0.4 is 14.8 Å². The van der Waals surface area contributed by atoms with Gasteiger partial charge in [0.15, 0.2) is 0 Å². The van der Waals surface area contributed by atoms with E-state index in [0.717, 1.165) is 34.2 Å². The Labute approximate surface area is 167 Å².